The Balaban J connectivity index is 2.17. The maximum Gasteiger partial charge on any atom is 0.0898 e. The minimum atomic E-state index is 0.772. The highest BCUT2D eigenvalue weighted by Crippen LogP contribution is 2.27. The van der Waals surface area contributed by atoms with Crippen LogP contribution in [0, 0.1) is 6.92 Å². The van der Waals surface area contributed by atoms with Crippen LogP contribution < -0.4 is 10.6 Å². The number of nitrogens with two attached hydrogens (primary N) is 1. The average Bonchev–Trinajstić information content (AvgIpc) is 2.63. The van der Waals surface area contributed by atoms with Crippen LogP contribution in [0.5, 0.6) is 0 Å². The molecule has 0 bridgehead atoms. The molecule has 1 aromatic heterocycles. The third-order valence-electron chi connectivity index (χ3n) is 2.47. The molecule has 0 spiro atoms. The average molecular weight is 312 g/mol. The van der Waals surface area contributed by atoms with Gasteiger partial charge in [0.25, 0.3) is 0 Å². The number of halogens is 1. The number of hydrogen-bond acceptors (Lipinski definition) is 4. The van der Waals surface area contributed by atoms with Crippen molar-refractivity contribution < 1.29 is 0 Å². The molecule has 0 saturated carbocycles. The monoisotopic (exact) mass is 311 g/mol. The Morgan fingerprint density at radius 3 is 2.82 bits per heavy atom. The van der Waals surface area contributed by atoms with Crippen molar-refractivity contribution in [3.8, 4) is 0 Å². The molecule has 17 heavy (non-hydrogen) atoms. The second-order valence-corrected chi connectivity index (χ2v) is 5.89. The summed E-state index contributed by atoms with van der Waals surface area (Å²) in [4.78, 5) is 6.56. The maximum absolute atomic E-state index is 5.99. The van der Waals surface area contributed by atoms with Crippen LogP contribution in [-0.2, 0) is 6.54 Å². The number of aryl methyl sites for hydroxylation is 1. The summed E-state index contributed by atoms with van der Waals surface area (Å²) >= 11 is 5.08. The molecule has 2 rings (SSSR count). The molecule has 2 aromatic rings. The molecule has 1 aromatic carbocycles. The summed E-state index contributed by atoms with van der Waals surface area (Å²) in [6.45, 7) is 2.79. The Morgan fingerprint density at radius 2 is 2.24 bits per heavy atom. The predicted molar refractivity (Wildman–Crippen MR) is 77.5 cm³/mol. The molecule has 90 valence electrons. The molecule has 0 radical (unpaired) electrons. The molecule has 2 N–H and O–H groups in total. The van der Waals surface area contributed by atoms with Gasteiger partial charge in [0.05, 0.1) is 28.6 Å². The lowest BCUT2D eigenvalue weighted by Crippen LogP contribution is -2.18. The molecule has 0 fully saturated rings. The van der Waals surface area contributed by atoms with Crippen molar-refractivity contribution in [3.63, 3.8) is 0 Å². The van der Waals surface area contributed by atoms with Gasteiger partial charge < -0.3 is 10.6 Å². The molecule has 3 nitrogen and oxygen atoms in total. The molecule has 1 heterocycles. The van der Waals surface area contributed by atoms with Crippen molar-refractivity contribution >= 4 is 38.6 Å². The maximum atomic E-state index is 5.99. The summed E-state index contributed by atoms with van der Waals surface area (Å²) in [5.41, 5.74) is 8.87. The van der Waals surface area contributed by atoms with E-state index in [2.05, 4.69) is 31.2 Å². The highest BCUT2D eigenvalue weighted by atomic mass is 79.9. The minimum Gasteiger partial charge on any atom is -0.397 e. The van der Waals surface area contributed by atoms with E-state index in [0.717, 1.165) is 33.1 Å². The lowest BCUT2D eigenvalue weighted by Gasteiger charge is -2.20. The fraction of sp³-hybridized carbons (Fsp3) is 0.250. The number of nitrogen functional groups attached to an aromatic ring is 1. The van der Waals surface area contributed by atoms with Crippen LogP contribution in [0.15, 0.2) is 28.1 Å². The van der Waals surface area contributed by atoms with Gasteiger partial charge in [-0.05, 0) is 25.1 Å². The predicted octanol–water partition coefficient (Wildman–Crippen LogP) is 3.43. The molecule has 0 saturated heterocycles. The van der Waals surface area contributed by atoms with Gasteiger partial charge >= 0.3 is 0 Å². The van der Waals surface area contributed by atoms with E-state index < -0.39 is 0 Å². The largest absolute Gasteiger partial charge is 0.397 e. The summed E-state index contributed by atoms with van der Waals surface area (Å²) in [5, 5.41) is 3.18. The van der Waals surface area contributed by atoms with Crippen LogP contribution in [0.1, 0.15) is 10.7 Å². The molecule has 0 aliphatic rings. The first-order valence-electron chi connectivity index (χ1n) is 5.23. The molecule has 0 atom stereocenters. The van der Waals surface area contributed by atoms with Crippen LogP contribution in [0.25, 0.3) is 0 Å². The summed E-state index contributed by atoms with van der Waals surface area (Å²) in [5.74, 6) is 0. The summed E-state index contributed by atoms with van der Waals surface area (Å²) in [6.07, 6.45) is 0. The Kier molecular flexibility index (Phi) is 3.69. The minimum absolute atomic E-state index is 0.772. The number of hydrogen-bond donors (Lipinski definition) is 1. The van der Waals surface area contributed by atoms with E-state index in [0.29, 0.717) is 0 Å². The topological polar surface area (TPSA) is 42.2 Å². The lowest BCUT2D eigenvalue weighted by atomic mass is 10.2. The summed E-state index contributed by atoms with van der Waals surface area (Å²) < 4.78 is 0.997. The summed E-state index contributed by atoms with van der Waals surface area (Å²) in [6, 6.07) is 5.92. The zero-order valence-electron chi connectivity index (χ0n) is 9.77. The van der Waals surface area contributed by atoms with Crippen LogP contribution in [0.4, 0.5) is 11.4 Å². The number of anilines is 2. The Labute approximate surface area is 113 Å². The van der Waals surface area contributed by atoms with Crippen LogP contribution in [0.3, 0.4) is 0 Å². The molecular formula is C12H14BrN3S. The zero-order chi connectivity index (χ0) is 12.4. The van der Waals surface area contributed by atoms with Gasteiger partial charge in [0.15, 0.2) is 0 Å². The van der Waals surface area contributed by atoms with Gasteiger partial charge in [-0.25, -0.2) is 4.98 Å². The van der Waals surface area contributed by atoms with Gasteiger partial charge in [-0.2, -0.15) is 0 Å². The van der Waals surface area contributed by atoms with Crippen LogP contribution in [0.2, 0.25) is 0 Å². The fourth-order valence-electron chi connectivity index (χ4n) is 1.68. The quantitative estimate of drug-likeness (QED) is 0.883. The summed E-state index contributed by atoms with van der Waals surface area (Å²) in [7, 11) is 2.02. The molecule has 0 amide bonds. The standard InChI is InChI=1S/C12H14BrN3S/c1-8-15-10(7-17-8)6-16(2)12-4-3-9(13)5-11(12)14/h3-5,7H,6,14H2,1-2H3. The van der Waals surface area contributed by atoms with E-state index >= 15 is 0 Å². The van der Waals surface area contributed by atoms with Gasteiger partial charge in [0.2, 0.25) is 0 Å². The molecule has 5 heteroatoms. The van der Waals surface area contributed by atoms with Crippen LogP contribution >= 0.6 is 27.3 Å². The van der Waals surface area contributed by atoms with Gasteiger partial charge in [-0.15, -0.1) is 11.3 Å². The Bertz CT molecular complexity index is 524. The van der Waals surface area contributed by atoms with Gasteiger partial charge in [0.1, 0.15) is 0 Å². The van der Waals surface area contributed by atoms with Crippen molar-refractivity contribution in [3.05, 3.63) is 38.8 Å². The third kappa shape index (κ3) is 2.98. The van der Waals surface area contributed by atoms with Gasteiger partial charge in [0, 0.05) is 16.9 Å². The van der Waals surface area contributed by atoms with E-state index in [1.165, 1.54) is 0 Å². The van der Waals surface area contributed by atoms with E-state index in [4.69, 9.17) is 5.73 Å². The number of benzene rings is 1. The number of rotatable bonds is 3. The molecular weight excluding hydrogens is 298 g/mol. The molecule has 0 aliphatic carbocycles. The molecule has 0 unspecified atom stereocenters. The van der Waals surface area contributed by atoms with E-state index in [1.54, 1.807) is 11.3 Å². The second-order valence-electron chi connectivity index (χ2n) is 3.92. The van der Waals surface area contributed by atoms with E-state index in [1.807, 2.05) is 32.2 Å². The van der Waals surface area contributed by atoms with Gasteiger partial charge in [-0.1, -0.05) is 15.9 Å². The van der Waals surface area contributed by atoms with Crippen molar-refractivity contribution in [1.82, 2.24) is 4.98 Å². The van der Waals surface area contributed by atoms with Gasteiger partial charge in [-0.3, -0.25) is 0 Å². The van der Waals surface area contributed by atoms with Crippen molar-refractivity contribution in [2.75, 3.05) is 17.7 Å². The van der Waals surface area contributed by atoms with E-state index in [9.17, 15) is 0 Å². The third-order valence-corrected chi connectivity index (χ3v) is 3.78. The first-order valence-corrected chi connectivity index (χ1v) is 6.90. The Hall–Kier alpha value is -1.07. The first-order chi connectivity index (χ1) is 8.06. The van der Waals surface area contributed by atoms with Crippen molar-refractivity contribution in [2.24, 2.45) is 0 Å². The number of thiazole rings is 1. The smallest absolute Gasteiger partial charge is 0.0898 e. The van der Waals surface area contributed by atoms with Crippen molar-refractivity contribution in [2.45, 2.75) is 13.5 Å². The van der Waals surface area contributed by atoms with E-state index in [-0.39, 0.29) is 0 Å². The highest BCUT2D eigenvalue weighted by molar-refractivity contribution is 9.10. The van der Waals surface area contributed by atoms with Crippen molar-refractivity contribution in [1.29, 1.82) is 0 Å². The highest BCUT2D eigenvalue weighted by Gasteiger charge is 2.08. The SMILES string of the molecule is Cc1nc(CN(C)c2ccc(Br)cc2N)cs1. The Morgan fingerprint density at radius 1 is 1.47 bits per heavy atom. The van der Waals surface area contributed by atoms with Crippen LogP contribution in [-0.4, -0.2) is 12.0 Å². The zero-order valence-corrected chi connectivity index (χ0v) is 12.2. The molecule has 0 aliphatic heterocycles. The normalized spacial score (nSPS) is 10.5. The first kappa shape index (κ1) is 12.4. The number of nitrogens with zero attached hydrogens (tertiary/aromatic N) is 2. The lowest BCUT2D eigenvalue weighted by molar-refractivity contribution is 0.891. The number of aromatic nitrogens is 1. The fourth-order valence-corrected chi connectivity index (χ4v) is 2.66. The second kappa shape index (κ2) is 5.06.